The van der Waals surface area contributed by atoms with Crippen LogP contribution in [0.3, 0.4) is 0 Å². The van der Waals surface area contributed by atoms with Crippen molar-refractivity contribution in [1.82, 2.24) is 29.7 Å². The van der Waals surface area contributed by atoms with Gasteiger partial charge in [0.1, 0.15) is 5.82 Å². The van der Waals surface area contributed by atoms with E-state index >= 15 is 0 Å². The van der Waals surface area contributed by atoms with Gasteiger partial charge in [0.05, 0.1) is 29.2 Å². The molecule has 0 fully saturated rings. The Morgan fingerprint density at radius 3 is 2.76 bits per heavy atom. The number of hydrogen-bond donors (Lipinski definition) is 1. The third-order valence-corrected chi connectivity index (χ3v) is 6.74. The van der Waals surface area contributed by atoms with Gasteiger partial charge < -0.3 is 15.4 Å². The van der Waals surface area contributed by atoms with E-state index in [1.165, 1.54) is 47.2 Å². The van der Waals surface area contributed by atoms with E-state index in [2.05, 4.69) is 15.3 Å². The number of thiazole rings is 2. The van der Waals surface area contributed by atoms with E-state index in [1.54, 1.807) is 26.7 Å². The molecule has 0 aliphatic carbocycles. The van der Waals surface area contributed by atoms with E-state index in [4.69, 9.17) is 4.98 Å². The maximum Gasteiger partial charge on any atom is 0.281 e. The standard InChI is InChI=1S/C21H23N7O3S2/c1-3-16(27(9-6-22-2)20(29)14-4-7-26(31)8-5-14)18-25-19-17(24-13-33-19)21(30)28(18)11-15-10-23-12-32-15/h4-5,7-8,10,12-13,16,22H,3,6,9,11H2,1-2H3. The Bertz CT molecular complexity index is 1290. The van der Waals surface area contributed by atoms with E-state index in [-0.39, 0.29) is 11.5 Å². The predicted octanol–water partition coefficient (Wildman–Crippen LogP) is 1.80. The molecule has 4 aromatic heterocycles. The summed E-state index contributed by atoms with van der Waals surface area (Å²) in [6, 6.07) is 2.54. The zero-order chi connectivity index (χ0) is 23.4. The van der Waals surface area contributed by atoms with Gasteiger partial charge in [0.2, 0.25) is 0 Å². The molecule has 172 valence electrons. The van der Waals surface area contributed by atoms with Crippen molar-refractivity contribution in [1.29, 1.82) is 0 Å². The average Bonchev–Trinajstić information content (AvgIpc) is 3.51. The third-order valence-electron chi connectivity index (χ3n) is 5.26. The first-order chi connectivity index (χ1) is 16.0. The maximum atomic E-state index is 13.5. The van der Waals surface area contributed by atoms with Crippen LogP contribution in [0.1, 0.15) is 40.4 Å². The van der Waals surface area contributed by atoms with Gasteiger partial charge in [-0.05, 0) is 13.5 Å². The highest BCUT2D eigenvalue weighted by molar-refractivity contribution is 7.16. The number of carbonyl (C=O) groups is 1. The second-order valence-electron chi connectivity index (χ2n) is 7.31. The average molecular weight is 486 g/mol. The molecule has 1 unspecified atom stereocenters. The largest absolute Gasteiger partial charge is 0.619 e. The number of nitrogens with one attached hydrogen (secondary N) is 1. The fourth-order valence-electron chi connectivity index (χ4n) is 3.64. The molecule has 4 heterocycles. The van der Waals surface area contributed by atoms with Gasteiger partial charge in [-0.15, -0.1) is 22.7 Å². The molecule has 1 N–H and O–H groups in total. The summed E-state index contributed by atoms with van der Waals surface area (Å²) in [7, 11) is 1.81. The molecule has 0 aromatic carbocycles. The maximum absolute atomic E-state index is 13.5. The molecular formula is C21H23N7O3S2. The van der Waals surface area contributed by atoms with Crippen LogP contribution < -0.4 is 15.6 Å². The van der Waals surface area contributed by atoms with Gasteiger partial charge in [-0.1, -0.05) is 6.92 Å². The fourth-order valence-corrected chi connectivity index (χ4v) is 4.88. The summed E-state index contributed by atoms with van der Waals surface area (Å²) in [5.41, 5.74) is 3.79. The first-order valence-electron chi connectivity index (χ1n) is 10.4. The summed E-state index contributed by atoms with van der Waals surface area (Å²) < 4.78 is 2.23. The highest BCUT2D eigenvalue weighted by atomic mass is 32.1. The highest BCUT2D eigenvalue weighted by Crippen LogP contribution is 2.27. The number of nitrogens with zero attached hydrogens (tertiary/aromatic N) is 6. The molecule has 1 amide bonds. The van der Waals surface area contributed by atoms with Gasteiger partial charge in [0, 0.05) is 36.3 Å². The molecule has 12 heteroatoms. The molecule has 0 aliphatic heterocycles. The van der Waals surface area contributed by atoms with Gasteiger partial charge in [0.15, 0.2) is 22.7 Å². The second kappa shape index (κ2) is 10.1. The number of carbonyl (C=O) groups excluding carboxylic acids is 1. The van der Waals surface area contributed by atoms with E-state index in [1.807, 2.05) is 14.0 Å². The number of rotatable bonds is 9. The lowest BCUT2D eigenvalue weighted by Crippen LogP contribution is -2.42. The normalized spacial score (nSPS) is 12.2. The quantitative estimate of drug-likeness (QED) is 0.284. The van der Waals surface area contributed by atoms with Crippen LogP contribution in [0.25, 0.3) is 10.3 Å². The summed E-state index contributed by atoms with van der Waals surface area (Å²) in [6.45, 7) is 3.21. The van der Waals surface area contributed by atoms with Crippen LogP contribution in [0, 0.1) is 5.21 Å². The molecule has 33 heavy (non-hydrogen) atoms. The van der Waals surface area contributed by atoms with Gasteiger partial charge in [0.25, 0.3) is 11.5 Å². The van der Waals surface area contributed by atoms with Crippen LogP contribution in [-0.4, -0.2) is 50.5 Å². The minimum absolute atomic E-state index is 0.235. The van der Waals surface area contributed by atoms with E-state index in [0.717, 1.165) is 4.88 Å². The smallest absolute Gasteiger partial charge is 0.281 e. The molecular weight excluding hydrogens is 462 g/mol. The summed E-state index contributed by atoms with van der Waals surface area (Å²) in [5.74, 6) is 0.271. The lowest BCUT2D eigenvalue weighted by atomic mass is 10.1. The molecule has 0 saturated heterocycles. The molecule has 4 aromatic rings. The topological polar surface area (TPSA) is 120 Å². The summed E-state index contributed by atoms with van der Waals surface area (Å²) in [6.07, 6.45) is 4.86. The molecule has 0 spiro atoms. The van der Waals surface area contributed by atoms with Crippen LogP contribution in [0.15, 0.2) is 46.5 Å². The van der Waals surface area contributed by atoms with Gasteiger partial charge in [-0.3, -0.25) is 19.1 Å². The Morgan fingerprint density at radius 1 is 1.30 bits per heavy atom. The molecule has 0 bridgehead atoms. The lowest BCUT2D eigenvalue weighted by molar-refractivity contribution is -0.605. The van der Waals surface area contributed by atoms with Gasteiger partial charge in [-0.2, -0.15) is 4.73 Å². The zero-order valence-corrected chi connectivity index (χ0v) is 19.8. The monoisotopic (exact) mass is 485 g/mol. The number of fused-ring (bicyclic) bond motifs is 1. The fraction of sp³-hybridized carbons (Fsp3) is 0.333. The minimum atomic E-state index is -0.461. The van der Waals surface area contributed by atoms with E-state index < -0.39 is 6.04 Å². The minimum Gasteiger partial charge on any atom is -0.619 e. The molecule has 1 atom stereocenters. The summed E-state index contributed by atoms with van der Waals surface area (Å²) in [4.78, 5) is 43.2. The SMILES string of the molecule is CCC(c1nc2scnc2c(=O)n1Cc1cncs1)N(CCNC)C(=O)c1cc[n+]([O-])cc1. The van der Waals surface area contributed by atoms with Crippen LogP contribution in [0.4, 0.5) is 0 Å². The predicted molar refractivity (Wildman–Crippen MR) is 126 cm³/mol. The number of likely N-dealkylation sites (N-methyl/N-ethyl adjacent to an activating group) is 1. The Morgan fingerprint density at radius 2 is 2.09 bits per heavy atom. The molecule has 0 radical (unpaired) electrons. The Balaban J connectivity index is 1.83. The van der Waals surface area contributed by atoms with Gasteiger partial charge in [-0.25, -0.2) is 9.97 Å². The third kappa shape index (κ3) is 4.77. The summed E-state index contributed by atoms with van der Waals surface area (Å²) >= 11 is 2.75. The number of aromatic nitrogens is 5. The van der Waals surface area contributed by atoms with Crippen molar-refractivity contribution in [2.45, 2.75) is 25.9 Å². The number of pyridine rings is 1. The van der Waals surface area contributed by atoms with Crippen molar-refractivity contribution in [3.05, 3.63) is 73.6 Å². The Kier molecular flexibility index (Phi) is 7.06. The Hall–Kier alpha value is -3.22. The van der Waals surface area contributed by atoms with E-state index in [0.29, 0.717) is 52.5 Å². The van der Waals surface area contributed by atoms with Crippen molar-refractivity contribution in [3.8, 4) is 0 Å². The lowest BCUT2D eigenvalue weighted by Gasteiger charge is -2.32. The van der Waals surface area contributed by atoms with Gasteiger partial charge >= 0.3 is 0 Å². The molecule has 10 nitrogen and oxygen atoms in total. The van der Waals surface area contributed by atoms with Crippen molar-refractivity contribution in [2.24, 2.45) is 0 Å². The highest BCUT2D eigenvalue weighted by Gasteiger charge is 2.30. The summed E-state index contributed by atoms with van der Waals surface area (Å²) in [5, 5.41) is 14.5. The first-order valence-corrected chi connectivity index (χ1v) is 12.1. The molecule has 0 aliphatic rings. The van der Waals surface area contributed by atoms with E-state index in [9.17, 15) is 14.8 Å². The van der Waals surface area contributed by atoms with Crippen molar-refractivity contribution in [2.75, 3.05) is 20.1 Å². The molecule has 4 rings (SSSR count). The van der Waals surface area contributed by atoms with Crippen LogP contribution >= 0.6 is 22.7 Å². The number of amides is 1. The second-order valence-corrected chi connectivity index (χ2v) is 9.11. The molecule has 0 saturated carbocycles. The van der Waals surface area contributed by atoms with Crippen molar-refractivity contribution >= 4 is 38.9 Å². The van der Waals surface area contributed by atoms with Crippen molar-refractivity contribution < 1.29 is 9.52 Å². The van der Waals surface area contributed by atoms with Crippen LogP contribution in [-0.2, 0) is 6.54 Å². The number of hydrogen-bond acceptors (Lipinski definition) is 9. The van der Waals surface area contributed by atoms with Crippen molar-refractivity contribution in [3.63, 3.8) is 0 Å². The van der Waals surface area contributed by atoms with Crippen LogP contribution in [0.5, 0.6) is 0 Å². The van der Waals surface area contributed by atoms with Crippen LogP contribution in [0.2, 0.25) is 0 Å². The Labute approximate surface area is 197 Å². The zero-order valence-electron chi connectivity index (χ0n) is 18.2. The first kappa shape index (κ1) is 23.0.